The minimum atomic E-state index is -0.680. The van der Waals surface area contributed by atoms with E-state index < -0.39 is 29.4 Å². The topological polar surface area (TPSA) is 134 Å². The smallest absolute Gasteiger partial charge is 0.323 e. The number of allylic oxidation sites excluding steroid dienone is 1. The lowest BCUT2D eigenvalue weighted by Crippen LogP contribution is -2.70. The Bertz CT molecular complexity index is 1210. The lowest BCUT2D eigenvalue weighted by molar-refractivity contribution is -0.266. The van der Waals surface area contributed by atoms with Crippen molar-refractivity contribution in [3.8, 4) is 0 Å². The minimum Gasteiger partial charge on any atom is -0.481 e. The zero-order valence-corrected chi connectivity index (χ0v) is 30.7. The molecule has 2 bridgehead atoms. The van der Waals surface area contributed by atoms with Gasteiger partial charge in [0, 0.05) is 17.4 Å². The quantitative estimate of drug-likeness (QED) is 0.119. The molecule has 5 N–H and O–H groups in total. The summed E-state index contributed by atoms with van der Waals surface area (Å²) >= 11 is 0. The number of carbonyl (C=O) groups excluding carboxylic acids is 1. The number of rotatable bonds is 12. The zero-order valence-electron chi connectivity index (χ0n) is 30.7. The van der Waals surface area contributed by atoms with Crippen molar-refractivity contribution in [3.05, 3.63) is 11.6 Å². The predicted octanol–water partition coefficient (Wildman–Crippen LogP) is 6.74. The summed E-state index contributed by atoms with van der Waals surface area (Å²) in [6, 6.07) is -0.680. The van der Waals surface area contributed by atoms with Crippen LogP contribution in [0.5, 0.6) is 0 Å². The number of unbranched alkanes of at least 4 members (excludes halogenated alkanes) is 1. The number of carbonyl (C=O) groups is 2. The molecule has 3 saturated carbocycles. The molecule has 0 aromatic carbocycles. The van der Waals surface area contributed by atoms with Crippen molar-refractivity contribution < 1.29 is 28.9 Å². The highest BCUT2D eigenvalue weighted by Crippen LogP contribution is 2.75. The zero-order chi connectivity index (χ0) is 34.6. The van der Waals surface area contributed by atoms with Gasteiger partial charge in [0.15, 0.2) is 0 Å². The molecule has 12 atom stereocenters. The Hall–Kier alpha value is -1.48. The Balaban J connectivity index is 1.53. The summed E-state index contributed by atoms with van der Waals surface area (Å²) in [6.07, 6.45) is 10.3. The molecule has 5 rings (SSSR count). The number of hydrogen-bond donors (Lipinski definition) is 3. The summed E-state index contributed by atoms with van der Waals surface area (Å²) in [4.78, 5) is 26.8. The number of hydrogen-bond acceptors (Lipinski definition) is 7. The second-order valence-corrected chi connectivity index (χ2v) is 17.7. The van der Waals surface area contributed by atoms with Crippen molar-refractivity contribution in [2.45, 2.75) is 138 Å². The molecule has 1 unspecified atom stereocenters. The molecule has 0 radical (unpaired) electrons. The van der Waals surface area contributed by atoms with E-state index in [1.807, 2.05) is 0 Å². The van der Waals surface area contributed by atoms with Crippen LogP contribution >= 0.6 is 0 Å². The standard InChI is InChI=1S/C39H66N2O6/c1-9-20-46-29-21-39-23-45-22-36(6,32(29)47-34(44)28(41)12-10-11-19-40)30(39)14-13-26-27(39)15-16-38(8)31(33(42)43)35(5,25(4)24(2)3)17-18-37(26,38)7/h15,24-26,28-32H,9-14,16-23,40-41H2,1-8H3,(H,42,43)/t25-,26+,28?,29-,30+,31-,32+,35-,36-,37-,38+,39+/m1/s1. The second kappa shape index (κ2) is 13.3. The minimum absolute atomic E-state index is 0.149. The first-order valence-electron chi connectivity index (χ1n) is 18.9. The van der Waals surface area contributed by atoms with E-state index in [1.54, 1.807) is 0 Å². The average molecular weight is 659 g/mol. The highest BCUT2D eigenvalue weighted by atomic mass is 16.6. The van der Waals surface area contributed by atoms with Crippen molar-refractivity contribution in [2.75, 3.05) is 26.4 Å². The molecule has 0 aromatic heterocycles. The van der Waals surface area contributed by atoms with Gasteiger partial charge in [0.1, 0.15) is 12.1 Å². The number of nitrogens with two attached hydrogens (primary N) is 2. The molecular weight excluding hydrogens is 592 g/mol. The average Bonchev–Trinajstić information content (AvgIpc) is 3.01. The van der Waals surface area contributed by atoms with Gasteiger partial charge in [-0.15, -0.1) is 0 Å². The molecule has 1 heterocycles. The lowest BCUT2D eigenvalue weighted by atomic mass is 9.34. The summed E-state index contributed by atoms with van der Waals surface area (Å²) in [7, 11) is 0. The van der Waals surface area contributed by atoms with Crippen molar-refractivity contribution in [2.24, 2.45) is 68.1 Å². The van der Waals surface area contributed by atoms with Crippen molar-refractivity contribution in [3.63, 3.8) is 0 Å². The number of aliphatic carboxylic acids is 1. The Morgan fingerprint density at radius 2 is 1.79 bits per heavy atom. The molecule has 8 nitrogen and oxygen atoms in total. The first-order valence-corrected chi connectivity index (χ1v) is 18.9. The number of ether oxygens (including phenoxy) is 3. The SMILES string of the molecule is CCCO[C@@H]1C[C@@]23COC[C@](C)([C@@H]2CC[C@H]2C3=CC[C@@]3(C)[C@H](C(=O)O)[C@@](C)([C@H](C)C(C)C)CC[C@]23C)[C@H]1OC(=O)C(N)CCCCN. The van der Waals surface area contributed by atoms with Gasteiger partial charge in [0.05, 0.1) is 25.2 Å². The fourth-order valence-electron chi connectivity index (χ4n) is 12.0. The third kappa shape index (κ3) is 5.63. The number of esters is 1. The Morgan fingerprint density at radius 3 is 2.43 bits per heavy atom. The Labute approximate surface area is 284 Å². The molecule has 0 aromatic rings. The third-order valence-electron chi connectivity index (χ3n) is 15.1. The van der Waals surface area contributed by atoms with E-state index in [0.717, 1.165) is 57.8 Å². The van der Waals surface area contributed by atoms with E-state index in [1.165, 1.54) is 5.57 Å². The predicted molar refractivity (Wildman–Crippen MR) is 184 cm³/mol. The summed E-state index contributed by atoms with van der Waals surface area (Å²) < 4.78 is 19.6. The lowest BCUT2D eigenvalue weighted by Gasteiger charge is -2.71. The molecule has 4 fully saturated rings. The van der Waals surface area contributed by atoms with Crippen LogP contribution in [0.15, 0.2) is 11.6 Å². The molecular formula is C39H66N2O6. The maximum atomic E-state index is 13.4. The van der Waals surface area contributed by atoms with Crippen molar-refractivity contribution in [1.29, 1.82) is 0 Å². The summed E-state index contributed by atoms with van der Waals surface area (Å²) in [5.41, 5.74) is 12.1. The molecule has 1 saturated heterocycles. The maximum Gasteiger partial charge on any atom is 0.323 e. The first kappa shape index (κ1) is 36.8. The highest BCUT2D eigenvalue weighted by Gasteiger charge is 2.72. The van der Waals surface area contributed by atoms with Crippen LogP contribution in [0.4, 0.5) is 0 Å². The van der Waals surface area contributed by atoms with Gasteiger partial charge in [-0.05, 0) is 104 Å². The normalized spacial score (nSPS) is 44.0. The van der Waals surface area contributed by atoms with Crippen LogP contribution in [0.1, 0.15) is 120 Å². The van der Waals surface area contributed by atoms with Gasteiger partial charge < -0.3 is 30.8 Å². The van der Waals surface area contributed by atoms with Crippen LogP contribution in [-0.2, 0) is 23.8 Å². The number of carboxylic acids is 1. The monoisotopic (exact) mass is 658 g/mol. The van der Waals surface area contributed by atoms with Gasteiger partial charge in [0.25, 0.3) is 0 Å². The van der Waals surface area contributed by atoms with Crippen LogP contribution in [0, 0.1) is 56.7 Å². The molecule has 8 heteroatoms. The second-order valence-electron chi connectivity index (χ2n) is 17.7. The van der Waals surface area contributed by atoms with Crippen molar-refractivity contribution in [1.82, 2.24) is 0 Å². The first-order chi connectivity index (χ1) is 22.1. The van der Waals surface area contributed by atoms with E-state index in [4.69, 9.17) is 25.7 Å². The molecule has 5 aliphatic rings. The number of fused-ring (bicyclic) bond motifs is 3. The van der Waals surface area contributed by atoms with Crippen molar-refractivity contribution >= 4 is 11.9 Å². The van der Waals surface area contributed by atoms with Crippen LogP contribution in [0.3, 0.4) is 0 Å². The molecule has 268 valence electrons. The summed E-state index contributed by atoms with van der Waals surface area (Å²) in [5.74, 6) is -0.130. The molecule has 47 heavy (non-hydrogen) atoms. The Kier molecular flexibility index (Phi) is 10.4. The van der Waals surface area contributed by atoms with Gasteiger partial charge in [-0.2, -0.15) is 0 Å². The van der Waals surface area contributed by atoms with Gasteiger partial charge in [-0.1, -0.05) is 73.5 Å². The largest absolute Gasteiger partial charge is 0.481 e. The van der Waals surface area contributed by atoms with E-state index >= 15 is 0 Å². The van der Waals surface area contributed by atoms with E-state index in [0.29, 0.717) is 44.6 Å². The van der Waals surface area contributed by atoms with Gasteiger partial charge >= 0.3 is 11.9 Å². The van der Waals surface area contributed by atoms with E-state index in [2.05, 4.69) is 61.5 Å². The number of carboxylic acid groups (broad SMARTS) is 1. The fraction of sp³-hybridized carbons (Fsp3) is 0.897. The summed E-state index contributed by atoms with van der Waals surface area (Å²) in [6.45, 7) is 20.4. The van der Waals surface area contributed by atoms with Crippen LogP contribution in [-0.4, -0.2) is 61.7 Å². The molecule has 0 spiro atoms. The van der Waals surface area contributed by atoms with Gasteiger partial charge in [0.2, 0.25) is 0 Å². The molecule has 4 aliphatic carbocycles. The van der Waals surface area contributed by atoms with Gasteiger partial charge in [-0.25, -0.2) is 0 Å². The van der Waals surface area contributed by atoms with Crippen LogP contribution in [0.25, 0.3) is 0 Å². The summed E-state index contributed by atoms with van der Waals surface area (Å²) in [5, 5.41) is 11.0. The molecule has 0 amide bonds. The third-order valence-corrected chi connectivity index (χ3v) is 15.1. The van der Waals surface area contributed by atoms with E-state index in [9.17, 15) is 14.7 Å². The van der Waals surface area contributed by atoms with Crippen LogP contribution in [0.2, 0.25) is 0 Å². The van der Waals surface area contributed by atoms with Gasteiger partial charge in [-0.3, -0.25) is 9.59 Å². The Morgan fingerprint density at radius 1 is 1.06 bits per heavy atom. The maximum absolute atomic E-state index is 13.4. The fourth-order valence-corrected chi connectivity index (χ4v) is 12.0. The van der Waals surface area contributed by atoms with Crippen LogP contribution < -0.4 is 11.5 Å². The highest BCUT2D eigenvalue weighted by molar-refractivity contribution is 5.76. The molecule has 1 aliphatic heterocycles. The van der Waals surface area contributed by atoms with E-state index in [-0.39, 0.29) is 45.6 Å².